The van der Waals surface area contributed by atoms with Gasteiger partial charge in [0.2, 0.25) is 0 Å². The number of rotatable bonds is 2. The van der Waals surface area contributed by atoms with Crippen LogP contribution in [0, 0.1) is 23.5 Å². The molecule has 0 saturated carbocycles. The molecule has 2 aliphatic heterocycles. The summed E-state index contributed by atoms with van der Waals surface area (Å²) in [6.07, 6.45) is 0. The highest BCUT2D eigenvalue weighted by Crippen LogP contribution is 2.33. The van der Waals surface area contributed by atoms with Crippen molar-refractivity contribution in [2.24, 2.45) is 11.8 Å². The Morgan fingerprint density at radius 1 is 1.33 bits per heavy atom. The lowest BCUT2D eigenvalue weighted by molar-refractivity contribution is 0.227. The highest BCUT2D eigenvalue weighted by molar-refractivity contribution is 5.19. The fraction of sp³-hybridized carbons (Fsp3) is 0.571. The lowest BCUT2D eigenvalue weighted by atomic mass is 9.95. The van der Waals surface area contributed by atoms with Crippen molar-refractivity contribution >= 4 is 0 Å². The first kappa shape index (κ1) is 12.1. The first-order chi connectivity index (χ1) is 8.66. The monoisotopic (exact) mass is 252 g/mol. The molecule has 3 atom stereocenters. The molecule has 2 aliphatic rings. The van der Waals surface area contributed by atoms with E-state index >= 15 is 0 Å². The first-order valence-corrected chi connectivity index (χ1v) is 6.54. The van der Waals surface area contributed by atoms with Gasteiger partial charge in [-0.05, 0) is 37.9 Å². The van der Waals surface area contributed by atoms with Gasteiger partial charge < -0.3 is 5.32 Å². The molecule has 1 aromatic carbocycles. The standard InChI is InChI=1S/C14H18F2N2/c1-9-12-6-17-5-11(12)8-18(9)7-10-3-2-4-13(15)14(10)16/h2-4,9,11-12,17H,5-8H2,1H3. The number of halogens is 2. The summed E-state index contributed by atoms with van der Waals surface area (Å²) in [6, 6.07) is 4.87. The SMILES string of the molecule is CC1C2CNCC2CN1Cc1cccc(F)c1F. The minimum Gasteiger partial charge on any atom is -0.316 e. The number of nitrogens with zero attached hydrogens (tertiary/aromatic N) is 1. The Labute approximate surface area is 106 Å². The number of fused-ring (bicyclic) bond motifs is 1. The van der Waals surface area contributed by atoms with Crippen molar-refractivity contribution in [2.45, 2.75) is 19.5 Å². The van der Waals surface area contributed by atoms with Gasteiger partial charge in [-0.3, -0.25) is 4.90 Å². The number of benzene rings is 1. The van der Waals surface area contributed by atoms with E-state index in [0.717, 1.165) is 19.6 Å². The summed E-state index contributed by atoms with van der Waals surface area (Å²) in [5, 5.41) is 3.40. The predicted octanol–water partition coefficient (Wildman–Crippen LogP) is 2.00. The topological polar surface area (TPSA) is 15.3 Å². The van der Waals surface area contributed by atoms with E-state index in [4.69, 9.17) is 0 Å². The summed E-state index contributed by atoms with van der Waals surface area (Å²) in [4.78, 5) is 2.27. The second kappa shape index (κ2) is 4.59. The summed E-state index contributed by atoms with van der Waals surface area (Å²) in [6.45, 7) is 5.78. The van der Waals surface area contributed by atoms with E-state index in [1.54, 1.807) is 12.1 Å². The van der Waals surface area contributed by atoms with Crippen LogP contribution in [0.2, 0.25) is 0 Å². The van der Waals surface area contributed by atoms with Crippen molar-refractivity contribution in [1.82, 2.24) is 10.2 Å². The van der Waals surface area contributed by atoms with E-state index in [9.17, 15) is 8.78 Å². The Balaban J connectivity index is 1.75. The van der Waals surface area contributed by atoms with Gasteiger partial charge in [0, 0.05) is 24.7 Å². The van der Waals surface area contributed by atoms with Crippen molar-refractivity contribution in [3.05, 3.63) is 35.4 Å². The fourth-order valence-electron chi connectivity index (χ4n) is 3.35. The maximum absolute atomic E-state index is 13.7. The third-order valence-corrected chi connectivity index (χ3v) is 4.46. The van der Waals surface area contributed by atoms with E-state index in [2.05, 4.69) is 17.1 Å². The molecule has 0 amide bonds. The van der Waals surface area contributed by atoms with E-state index in [0.29, 0.717) is 30.0 Å². The minimum absolute atomic E-state index is 0.438. The van der Waals surface area contributed by atoms with Gasteiger partial charge >= 0.3 is 0 Å². The molecular weight excluding hydrogens is 234 g/mol. The highest BCUT2D eigenvalue weighted by atomic mass is 19.2. The lowest BCUT2D eigenvalue weighted by Gasteiger charge is -2.24. The van der Waals surface area contributed by atoms with Gasteiger partial charge in [0.15, 0.2) is 11.6 Å². The van der Waals surface area contributed by atoms with Crippen LogP contribution >= 0.6 is 0 Å². The molecule has 4 heteroatoms. The largest absolute Gasteiger partial charge is 0.316 e. The Morgan fingerprint density at radius 3 is 2.94 bits per heavy atom. The zero-order valence-electron chi connectivity index (χ0n) is 10.5. The Kier molecular flexibility index (Phi) is 3.08. The van der Waals surface area contributed by atoms with Crippen LogP contribution in [-0.2, 0) is 6.54 Å². The average Bonchev–Trinajstić information content (AvgIpc) is 2.90. The van der Waals surface area contributed by atoms with Gasteiger partial charge in [-0.15, -0.1) is 0 Å². The van der Waals surface area contributed by atoms with Crippen molar-refractivity contribution in [3.8, 4) is 0 Å². The molecular formula is C14H18F2N2. The van der Waals surface area contributed by atoms with E-state index in [-0.39, 0.29) is 0 Å². The second-order valence-corrected chi connectivity index (χ2v) is 5.47. The minimum atomic E-state index is -0.749. The van der Waals surface area contributed by atoms with Gasteiger partial charge in [-0.25, -0.2) is 8.78 Å². The van der Waals surface area contributed by atoms with Gasteiger partial charge in [0.1, 0.15) is 0 Å². The maximum Gasteiger partial charge on any atom is 0.163 e. The zero-order valence-corrected chi connectivity index (χ0v) is 10.5. The molecule has 98 valence electrons. The average molecular weight is 252 g/mol. The number of likely N-dealkylation sites (tertiary alicyclic amines) is 1. The normalized spacial score (nSPS) is 31.8. The zero-order chi connectivity index (χ0) is 12.7. The van der Waals surface area contributed by atoms with E-state index < -0.39 is 11.6 Å². The molecule has 2 saturated heterocycles. The molecule has 1 N–H and O–H groups in total. The third-order valence-electron chi connectivity index (χ3n) is 4.46. The summed E-state index contributed by atoms with van der Waals surface area (Å²) in [5.41, 5.74) is 0.467. The highest BCUT2D eigenvalue weighted by Gasteiger charge is 2.41. The molecule has 3 unspecified atom stereocenters. The fourth-order valence-corrected chi connectivity index (χ4v) is 3.35. The second-order valence-electron chi connectivity index (χ2n) is 5.47. The Morgan fingerprint density at radius 2 is 2.17 bits per heavy atom. The van der Waals surface area contributed by atoms with Crippen molar-refractivity contribution in [3.63, 3.8) is 0 Å². The lowest BCUT2D eigenvalue weighted by Crippen LogP contribution is -2.33. The predicted molar refractivity (Wildman–Crippen MR) is 66.1 cm³/mol. The van der Waals surface area contributed by atoms with Crippen molar-refractivity contribution < 1.29 is 8.78 Å². The molecule has 3 rings (SSSR count). The van der Waals surface area contributed by atoms with Crippen LogP contribution < -0.4 is 5.32 Å². The summed E-state index contributed by atoms with van der Waals surface area (Å²) in [7, 11) is 0. The summed E-state index contributed by atoms with van der Waals surface area (Å²) < 4.78 is 26.8. The smallest absolute Gasteiger partial charge is 0.163 e. The van der Waals surface area contributed by atoms with Gasteiger partial charge in [0.05, 0.1) is 0 Å². The Hall–Kier alpha value is -1.00. The summed E-state index contributed by atoms with van der Waals surface area (Å²) in [5.74, 6) is -0.126. The molecule has 0 spiro atoms. The molecule has 2 nitrogen and oxygen atoms in total. The number of hydrogen-bond acceptors (Lipinski definition) is 2. The molecule has 18 heavy (non-hydrogen) atoms. The Bertz CT molecular complexity index is 449. The molecule has 0 aromatic heterocycles. The van der Waals surface area contributed by atoms with E-state index in [1.165, 1.54) is 6.07 Å². The molecule has 0 bridgehead atoms. The molecule has 0 radical (unpaired) electrons. The van der Waals surface area contributed by atoms with Crippen LogP contribution in [0.25, 0.3) is 0 Å². The van der Waals surface area contributed by atoms with Crippen LogP contribution in [0.4, 0.5) is 8.78 Å². The van der Waals surface area contributed by atoms with E-state index in [1.807, 2.05) is 0 Å². The van der Waals surface area contributed by atoms with Crippen LogP contribution in [0.15, 0.2) is 18.2 Å². The van der Waals surface area contributed by atoms with Crippen LogP contribution in [-0.4, -0.2) is 30.6 Å². The van der Waals surface area contributed by atoms with Gasteiger partial charge in [0.25, 0.3) is 0 Å². The number of hydrogen-bond donors (Lipinski definition) is 1. The maximum atomic E-state index is 13.7. The van der Waals surface area contributed by atoms with Gasteiger partial charge in [-0.1, -0.05) is 12.1 Å². The molecule has 1 aromatic rings. The van der Waals surface area contributed by atoms with Gasteiger partial charge in [-0.2, -0.15) is 0 Å². The third kappa shape index (κ3) is 1.93. The molecule has 2 heterocycles. The molecule has 0 aliphatic carbocycles. The van der Waals surface area contributed by atoms with Crippen molar-refractivity contribution in [1.29, 1.82) is 0 Å². The van der Waals surface area contributed by atoms with Crippen LogP contribution in [0.3, 0.4) is 0 Å². The number of nitrogens with one attached hydrogen (secondary N) is 1. The van der Waals surface area contributed by atoms with Crippen molar-refractivity contribution in [2.75, 3.05) is 19.6 Å². The molecule has 2 fully saturated rings. The van der Waals surface area contributed by atoms with Crippen LogP contribution in [0.5, 0.6) is 0 Å². The first-order valence-electron chi connectivity index (χ1n) is 6.54. The quantitative estimate of drug-likeness (QED) is 0.866. The summed E-state index contributed by atoms with van der Waals surface area (Å²) >= 11 is 0. The van der Waals surface area contributed by atoms with Crippen LogP contribution in [0.1, 0.15) is 12.5 Å².